The number of nitrogens with zero attached hydrogens (tertiary/aromatic N) is 6. The number of rotatable bonds is 5. The van der Waals surface area contributed by atoms with Crippen LogP contribution in [0.3, 0.4) is 0 Å². The van der Waals surface area contributed by atoms with E-state index in [9.17, 15) is 9.18 Å². The van der Waals surface area contributed by atoms with Crippen LogP contribution in [-0.4, -0.2) is 42.2 Å². The number of hydrogen-bond donors (Lipinski definition) is 1. The molecule has 0 unspecified atom stereocenters. The van der Waals surface area contributed by atoms with Crippen LogP contribution in [0.5, 0.6) is 0 Å². The van der Waals surface area contributed by atoms with Crippen molar-refractivity contribution in [3.05, 3.63) is 83.7 Å². The first-order valence-corrected chi connectivity index (χ1v) is 11.1. The number of carbonyl (C=O) groups is 1. The predicted octanol–water partition coefficient (Wildman–Crippen LogP) is 3.70. The van der Waals surface area contributed by atoms with Crippen molar-refractivity contribution in [3.8, 4) is 11.3 Å². The first kappa shape index (κ1) is 20.3. The molecule has 6 rings (SSSR count). The Balaban J connectivity index is 1.41. The summed E-state index contributed by atoms with van der Waals surface area (Å²) in [5.41, 5.74) is 2.74. The maximum atomic E-state index is 14.6. The molecule has 1 N–H and O–H groups in total. The first-order valence-electron chi connectivity index (χ1n) is 11.1. The molecule has 0 aliphatic heterocycles. The number of aromatic nitrogens is 6. The fraction of sp³-hybridized carbons (Fsp3) is 0.200. The first-order chi connectivity index (χ1) is 16.6. The van der Waals surface area contributed by atoms with Gasteiger partial charge in [0.1, 0.15) is 11.5 Å². The Morgan fingerprint density at radius 2 is 2.00 bits per heavy atom. The molecule has 1 saturated carbocycles. The van der Waals surface area contributed by atoms with Gasteiger partial charge in [-0.1, -0.05) is 18.2 Å². The lowest BCUT2D eigenvalue weighted by Crippen LogP contribution is -2.23. The van der Waals surface area contributed by atoms with Gasteiger partial charge >= 0.3 is 0 Å². The zero-order valence-electron chi connectivity index (χ0n) is 18.4. The maximum absolute atomic E-state index is 14.6. The van der Waals surface area contributed by atoms with Gasteiger partial charge in [0.05, 0.1) is 22.7 Å². The van der Waals surface area contributed by atoms with Crippen LogP contribution in [0, 0.1) is 5.82 Å². The van der Waals surface area contributed by atoms with Crippen molar-refractivity contribution in [2.75, 3.05) is 6.54 Å². The van der Waals surface area contributed by atoms with Crippen LogP contribution in [0.25, 0.3) is 27.9 Å². The summed E-state index contributed by atoms with van der Waals surface area (Å²) < 4.78 is 16.3. The molecule has 0 spiro atoms. The van der Waals surface area contributed by atoms with Crippen molar-refractivity contribution in [2.45, 2.75) is 25.2 Å². The van der Waals surface area contributed by atoms with E-state index in [1.165, 1.54) is 18.3 Å². The van der Waals surface area contributed by atoms with E-state index in [-0.39, 0.29) is 11.0 Å². The SMILES string of the molecule is CCNC(=O)c1ccc(-c2cnc3nnc(C4(c5ccc6ncccc6c5)CC4)n3n2)cc1F. The molecular weight excluding hydrogens is 433 g/mol. The molecule has 5 aromatic rings. The Kier molecular flexibility index (Phi) is 4.58. The van der Waals surface area contributed by atoms with Gasteiger partial charge in [-0.25, -0.2) is 9.37 Å². The summed E-state index contributed by atoms with van der Waals surface area (Å²) in [4.78, 5) is 20.8. The van der Waals surface area contributed by atoms with Crippen molar-refractivity contribution in [1.29, 1.82) is 0 Å². The molecule has 0 bridgehead atoms. The predicted molar refractivity (Wildman–Crippen MR) is 124 cm³/mol. The fourth-order valence-corrected chi connectivity index (χ4v) is 4.38. The van der Waals surface area contributed by atoms with Crippen LogP contribution in [0.4, 0.5) is 4.39 Å². The van der Waals surface area contributed by atoms with Crippen LogP contribution in [0.2, 0.25) is 0 Å². The number of hydrogen-bond acceptors (Lipinski definition) is 6. The second kappa shape index (κ2) is 7.65. The molecule has 9 heteroatoms. The molecule has 1 fully saturated rings. The van der Waals surface area contributed by atoms with Crippen LogP contribution in [0.1, 0.15) is 41.5 Å². The van der Waals surface area contributed by atoms with E-state index < -0.39 is 11.7 Å². The number of nitrogens with one attached hydrogen (secondary N) is 1. The molecule has 0 radical (unpaired) electrons. The summed E-state index contributed by atoms with van der Waals surface area (Å²) in [6.07, 6.45) is 5.15. The van der Waals surface area contributed by atoms with Crippen LogP contribution < -0.4 is 5.32 Å². The van der Waals surface area contributed by atoms with Crippen molar-refractivity contribution >= 4 is 22.6 Å². The molecule has 1 aliphatic carbocycles. The molecular formula is C25H20FN7O. The molecule has 2 aromatic carbocycles. The van der Waals surface area contributed by atoms with Crippen molar-refractivity contribution < 1.29 is 9.18 Å². The van der Waals surface area contributed by atoms with Crippen LogP contribution >= 0.6 is 0 Å². The van der Waals surface area contributed by atoms with Gasteiger partial charge in [0.15, 0.2) is 5.82 Å². The van der Waals surface area contributed by atoms with E-state index in [1.54, 1.807) is 23.7 Å². The molecule has 168 valence electrons. The summed E-state index contributed by atoms with van der Waals surface area (Å²) in [5, 5.41) is 17.0. The number of amides is 1. The second-order valence-electron chi connectivity index (χ2n) is 8.43. The fourth-order valence-electron chi connectivity index (χ4n) is 4.38. The van der Waals surface area contributed by atoms with E-state index in [2.05, 4.69) is 37.6 Å². The summed E-state index contributed by atoms with van der Waals surface area (Å²) in [7, 11) is 0. The highest BCUT2D eigenvalue weighted by Gasteiger charge is 2.50. The van der Waals surface area contributed by atoms with E-state index in [0.29, 0.717) is 29.4 Å². The number of pyridine rings is 1. The van der Waals surface area contributed by atoms with Crippen LogP contribution in [0.15, 0.2) is 60.9 Å². The zero-order chi connectivity index (χ0) is 23.3. The Hall–Kier alpha value is -4.27. The lowest BCUT2D eigenvalue weighted by Gasteiger charge is -2.14. The van der Waals surface area contributed by atoms with Crippen LogP contribution in [-0.2, 0) is 5.41 Å². The number of carbonyl (C=O) groups excluding carboxylic acids is 1. The summed E-state index contributed by atoms with van der Waals surface area (Å²) in [5.74, 6) is 0.0274. The van der Waals surface area contributed by atoms with Gasteiger partial charge in [-0.15, -0.1) is 10.2 Å². The lowest BCUT2D eigenvalue weighted by molar-refractivity contribution is 0.0952. The Bertz CT molecular complexity index is 1570. The topological polar surface area (TPSA) is 98.0 Å². The Morgan fingerprint density at radius 1 is 1.12 bits per heavy atom. The standard InChI is InChI=1S/C25H20FN7O/c1-2-27-22(34)18-7-5-16(13-19(18)26)21-14-29-24-31-30-23(33(24)32-21)25(9-10-25)17-6-8-20-15(12-17)4-3-11-28-20/h3-8,11-14H,2,9-10H2,1H3,(H,27,34). The summed E-state index contributed by atoms with van der Waals surface area (Å²) >= 11 is 0. The van der Waals surface area contributed by atoms with E-state index >= 15 is 0 Å². The molecule has 3 heterocycles. The van der Waals surface area contributed by atoms with Gasteiger partial charge in [0, 0.05) is 23.7 Å². The number of benzene rings is 2. The summed E-state index contributed by atoms with van der Waals surface area (Å²) in [6.45, 7) is 2.21. The second-order valence-corrected chi connectivity index (χ2v) is 8.43. The molecule has 0 atom stereocenters. The highest BCUT2D eigenvalue weighted by atomic mass is 19.1. The molecule has 3 aromatic heterocycles. The molecule has 0 saturated heterocycles. The minimum atomic E-state index is -0.613. The third-order valence-electron chi connectivity index (χ3n) is 6.31. The lowest BCUT2D eigenvalue weighted by atomic mass is 9.94. The van der Waals surface area contributed by atoms with E-state index in [4.69, 9.17) is 5.10 Å². The quantitative estimate of drug-likeness (QED) is 0.436. The minimum absolute atomic E-state index is 0.00708. The molecule has 1 aliphatic rings. The smallest absolute Gasteiger partial charge is 0.271 e. The van der Waals surface area contributed by atoms with Gasteiger partial charge in [-0.3, -0.25) is 9.78 Å². The van der Waals surface area contributed by atoms with Gasteiger partial charge in [-0.05, 0) is 55.7 Å². The maximum Gasteiger partial charge on any atom is 0.271 e. The highest BCUT2D eigenvalue weighted by molar-refractivity contribution is 5.94. The number of halogens is 1. The minimum Gasteiger partial charge on any atom is -0.352 e. The molecule has 1 amide bonds. The molecule has 34 heavy (non-hydrogen) atoms. The number of fused-ring (bicyclic) bond motifs is 2. The van der Waals surface area contributed by atoms with Crippen molar-refractivity contribution in [1.82, 2.24) is 35.1 Å². The summed E-state index contributed by atoms with van der Waals surface area (Å²) in [6, 6.07) is 14.6. The van der Waals surface area contributed by atoms with Gasteiger partial charge in [0.2, 0.25) is 0 Å². The van der Waals surface area contributed by atoms with Crippen molar-refractivity contribution in [3.63, 3.8) is 0 Å². The largest absolute Gasteiger partial charge is 0.352 e. The normalized spacial score (nSPS) is 14.4. The Labute approximate surface area is 193 Å². The third kappa shape index (κ3) is 3.20. The average molecular weight is 453 g/mol. The Morgan fingerprint density at radius 3 is 2.79 bits per heavy atom. The molecule has 8 nitrogen and oxygen atoms in total. The zero-order valence-corrected chi connectivity index (χ0v) is 18.4. The van der Waals surface area contributed by atoms with Crippen molar-refractivity contribution in [2.24, 2.45) is 0 Å². The van der Waals surface area contributed by atoms with E-state index in [0.717, 1.165) is 29.3 Å². The van der Waals surface area contributed by atoms with Gasteiger partial charge in [-0.2, -0.15) is 9.61 Å². The monoisotopic (exact) mass is 453 g/mol. The highest BCUT2D eigenvalue weighted by Crippen LogP contribution is 2.53. The van der Waals surface area contributed by atoms with Gasteiger partial charge < -0.3 is 5.32 Å². The van der Waals surface area contributed by atoms with Gasteiger partial charge in [0.25, 0.3) is 11.7 Å². The van der Waals surface area contributed by atoms with E-state index in [1.807, 2.05) is 18.2 Å². The third-order valence-corrected chi connectivity index (χ3v) is 6.31. The average Bonchev–Trinajstić information content (AvgIpc) is 3.55.